The lowest BCUT2D eigenvalue weighted by atomic mass is 10.0. The predicted octanol–water partition coefficient (Wildman–Crippen LogP) is 4.57. The highest BCUT2D eigenvalue weighted by Crippen LogP contribution is 2.23. The van der Waals surface area contributed by atoms with Gasteiger partial charge in [-0.2, -0.15) is 0 Å². The largest absolute Gasteiger partial charge is 0.348 e. The van der Waals surface area contributed by atoms with Crippen molar-refractivity contribution in [1.82, 2.24) is 14.7 Å². The van der Waals surface area contributed by atoms with Gasteiger partial charge in [-0.1, -0.05) is 19.9 Å². The highest BCUT2D eigenvalue weighted by atomic mass is 35.5. The van der Waals surface area contributed by atoms with Gasteiger partial charge in [0.2, 0.25) is 0 Å². The van der Waals surface area contributed by atoms with Crippen molar-refractivity contribution in [3.8, 4) is 0 Å². The number of aromatic nitrogens is 2. The number of carbonyl (C=O) groups excluding carboxylic acids is 1. The molecule has 0 saturated heterocycles. The van der Waals surface area contributed by atoms with E-state index in [0.29, 0.717) is 18.0 Å². The van der Waals surface area contributed by atoms with E-state index in [-0.39, 0.29) is 36.8 Å². The molecule has 3 rings (SSSR count). The van der Waals surface area contributed by atoms with Gasteiger partial charge in [0, 0.05) is 41.2 Å². The van der Waals surface area contributed by atoms with Crippen molar-refractivity contribution in [2.45, 2.75) is 37.0 Å². The first-order valence-corrected chi connectivity index (χ1v) is 10.2. The second-order valence-electron chi connectivity index (χ2n) is 7.05. The number of halogens is 2. The predicted molar refractivity (Wildman–Crippen MR) is 125 cm³/mol. The van der Waals surface area contributed by atoms with Crippen LogP contribution in [0.5, 0.6) is 0 Å². The zero-order valence-electron chi connectivity index (χ0n) is 16.6. The van der Waals surface area contributed by atoms with Gasteiger partial charge in [0.15, 0.2) is 0 Å². The van der Waals surface area contributed by atoms with Crippen LogP contribution in [0.2, 0.25) is 0 Å². The van der Waals surface area contributed by atoms with E-state index in [1.165, 1.54) is 0 Å². The summed E-state index contributed by atoms with van der Waals surface area (Å²) in [5.41, 5.74) is 8.42. The molecule has 29 heavy (non-hydrogen) atoms. The van der Waals surface area contributed by atoms with Crippen molar-refractivity contribution in [1.29, 1.82) is 0 Å². The Kier molecular flexibility index (Phi) is 10.5. The van der Waals surface area contributed by atoms with Crippen LogP contribution in [0.1, 0.15) is 36.3 Å². The first-order chi connectivity index (χ1) is 13.0. The molecule has 1 aromatic carbocycles. The van der Waals surface area contributed by atoms with Gasteiger partial charge < -0.3 is 15.5 Å². The minimum absolute atomic E-state index is 0. The van der Waals surface area contributed by atoms with Crippen molar-refractivity contribution >= 4 is 48.1 Å². The molecule has 3 N–H and O–H groups in total. The number of amides is 1. The van der Waals surface area contributed by atoms with Crippen molar-refractivity contribution in [3.05, 3.63) is 66.1 Å². The number of thioether (sulfide) groups is 1. The van der Waals surface area contributed by atoms with E-state index in [1.807, 2.05) is 59.3 Å². The van der Waals surface area contributed by atoms with Crippen LogP contribution >= 0.6 is 36.6 Å². The number of pyridine rings is 1. The number of imidazole rings is 1. The fourth-order valence-electron chi connectivity index (χ4n) is 2.97. The van der Waals surface area contributed by atoms with Crippen LogP contribution in [0.3, 0.4) is 0 Å². The van der Waals surface area contributed by atoms with Gasteiger partial charge >= 0.3 is 0 Å². The number of hydrogen-bond acceptors (Lipinski definition) is 4. The molecule has 2 heterocycles. The molecule has 0 bridgehead atoms. The van der Waals surface area contributed by atoms with E-state index in [9.17, 15) is 4.79 Å². The fourth-order valence-corrected chi connectivity index (χ4v) is 3.75. The quantitative estimate of drug-likeness (QED) is 0.488. The smallest absolute Gasteiger partial charge is 0.251 e. The summed E-state index contributed by atoms with van der Waals surface area (Å²) < 4.78 is 2.02. The van der Waals surface area contributed by atoms with Crippen LogP contribution in [0.25, 0.3) is 5.65 Å². The van der Waals surface area contributed by atoms with E-state index >= 15 is 0 Å². The standard InChI is InChI=1S/C21H26N4OS.2ClH/c1-15(2)11-17(12-22)24-21(26)16-6-8-19(9-7-16)27-14-18-13-25-10-4-3-5-20(25)23-18;;/h3-10,13,15,17H,11-12,14,22H2,1-2H3,(H,24,26);2*1H. The van der Waals surface area contributed by atoms with Gasteiger partial charge in [-0.25, -0.2) is 4.98 Å². The average molecular weight is 455 g/mol. The van der Waals surface area contributed by atoms with Crippen molar-refractivity contribution in [2.24, 2.45) is 11.7 Å². The average Bonchev–Trinajstić information content (AvgIpc) is 3.08. The number of nitrogens with one attached hydrogen (secondary N) is 1. The third kappa shape index (κ3) is 7.23. The summed E-state index contributed by atoms with van der Waals surface area (Å²) in [6.45, 7) is 4.71. The summed E-state index contributed by atoms with van der Waals surface area (Å²) in [6.07, 6.45) is 4.93. The molecule has 158 valence electrons. The number of benzene rings is 1. The first-order valence-electron chi connectivity index (χ1n) is 9.21. The number of nitrogens with two attached hydrogens (primary N) is 1. The van der Waals surface area contributed by atoms with Crippen LogP contribution in [-0.2, 0) is 5.75 Å². The molecule has 8 heteroatoms. The molecule has 1 unspecified atom stereocenters. The molecule has 0 fully saturated rings. The summed E-state index contributed by atoms with van der Waals surface area (Å²) in [5.74, 6) is 1.22. The molecule has 0 aliphatic heterocycles. The minimum atomic E-state index is -0.0667. The molecular weight excluding hydrogens is 427 g/mol. The van der Waals surface area contributed by atoms with Crippen LogP contribution in [0, 0.1) is 5.92 Å². The Balaban J connectivity index is 0.00000210. The number of hydrogen-bond donors (Lipinski definition) is 2. The van der Waals surface area contributed by atoms with Crippen molar-refractivity contribution in [3.63, 3.8) is 0 Å². The summed E-state index contributed by atoms with van der Waals surface area (Å²) in [6, 6.07) is 13.7. The topological polar surface area (TPSA) is 72.4 Å². The van der Waals surface area contributed by atoms with E-state index in [0.717, 1.165) is 28.4 Å². The molecule has 5 nitrogen and oxygen atoms in total. The van der Waals surface area contributed by atoms with E-state index < -0.39 is 0 Å². The minimum Gasteiger partial charge on any atom is -0.348 e. The van der Waals surface area contributed by atoms with E-state index in [1.54, 1.807) is 11.8 Å². The monoisotopic (exact) mass is 454 g/mol. The van der Waals surface area contributed by atoms with Gasteiger partial charge in [0.25, 0.3) is 5.91 Å². The molecule has 0 saturated carbocycles. The molecular formula is C21H28Cl2N4OS. The first kappa shape index (κ1) is 25.3. The molecule has 2 aromatic heterocycles. The maximum Gasteiger partial charge on any atom is 0.251 e. The Labute approximate surface area is 188 Å². The highest BCUT2D eigenvalue weighted by Gasteiger charge is 2.14. The van der Waals surface area contributed by atoms with Gasteiger partial charge in [-0.15, -0.1) is 36.6 Å². The lowest BCUT2D eigenvalue weighted by Crippen LogP contribution is -2.41. The summed E-state index contributed by atoms with van der Waals surface area (Å²) in [7, 11) is 0. The van der Waals surface area contributed by atoms with Crippen LogP contribution in [-0.4, -0.2) is 27.9 Å². The van der Waals surface area contributed by atoms with Crippen molar-refractivity contribution < 1.29 is 4.79 Å². The molecule has 0 radical (unpaired) electrons. The summed E-state index contributed by atoms with van der Waals surface area (Å²) in [4.78, 5) is 18.1. The maximum absolute atomic E-state index is 12.4. The second kappa shape index (κ2) is 12.1. The third-order valence-electron chi connectivity index (χ3n) is 4.29. The number of nitrogens with zero attached hydrogens (tertiary/aromatic N) is 2. The van der Waals surface area contributed by atoms with E-state index in [4.69, 9.17) is 5.73 Å². The SMILES string of the molecule is CC(C)CC(CN)NC(=O)c1ccc(SCc2cn3ccccc3n2)cc1.Cl.Cl. The van der Waals surface area contributed by atoms with Gasteiger partial charge in [0.1, 0.15) is 5.65 Å². The Bertz CT molecular complexity index is 866. The van der Waals surface area contributed by atoms with E-state index in [2.05, 4.69) is 24.1 Å². The van der Waals surface area contributed by atoms with Gasteiger partial charge in [0.05, 0.1) is 5.69 Å². The molecule has 3 aromatic rings. The number of fused-ring (bicyclic) bond motifs is 1. The Morgan fingerprint density at radius 1 is 1.17 bits per heavy atom. The lowest BCUT2D eigenvalue weighted by molar-refractivity contribution is 0.0933. The Morgan fingerprint density at radius 2 is 1.90 bits per heavy atom. The van der Waals surface area contributed by atoms with Crippen LogP contribution in [0.4, 0.5) is 0 Å². The van der Waals surface area contributed by atoms with Crippen molar-refractivity contribution in [2.75, 3.05) is 6.54 Å². The Morgan fingerprint density at radius 3 is 2.52 bits per heavy atom. The van der Waals surface area contributed by atoms with Gasteiger partial charge in [-0.05, 0) is 48.7 Å². The van der Waals surface area contributed by atoms with Crippen LogP contribution < -0.4 is 11.1 Å². The molecule has 1 amide bonds. The highest BCUT2D eigenvalue weighted by molar-refractivity contribution is 7.98. The number of carbonyl (C=O) groups is 1. The fraction of sp³-hybridized carbons (Fsp3) is 0.333. The molecule has 0 aliphatic rings. The lowest BCUT2D eigenvalue weighted by Gasteiger charge is -2.18. The molecule has 0 aliphatic carbocycles. The zero-order valence-corrected chi connectivity index (χ0v) is 19.0. The second-order valence-corrected chi connectivity index (χ2v) is 8.10. The summed E-state index contributed by atoms with van der Waals surface area (Å²) >= 11 is 1.71. The maximum atomic E-state index is 12.4. The Hall–Kier alpha value is -1.73. The zero-order chi connectivity index (χ0) is 19.2. The summed E-state index contributed by atoms with van der Waals surface area (Å²) in [5, 5.41) is 3.02. The number of rotatable bonds is 8. The molecule has 1 atom stereocenters. The third-order valence-corrected chi connectivity index (χ3v) is 5.34. The normalized spacial score (nSPS) is 11.6. The van der Waals surface area contributed by atoms with Gasteiger partial charge in [-0.3, -0.25) is 4.79 Å². The molecule has 0 spiro atoms. The van der Waals surface area contributed by atoms with Crippen LogP contribution in [0.15, 0.2) is 59.8 Å².